The van der Waals surface area contributed by atoms with Gasteiger partial charge in [0.05, 0.1) is 29.7 Å². The molecule has 0 radical (unpaired) electrons. The molecule has 3 aromatic carbocycles. The van der Waals surface area contributed by atoms with E-state index in [0.717, 1.165) is 25.4 Å². The average molecular weight is 695 g/mol. The van der Waals surface area contributed by atoms with E-state index in [0.29, 0.717) is 40.1 Å². The SMILES string of the molecule is CS(=O)(=O)N[C@H]1CCCC[C@@H]1N1C(=O)c2ccccc2[C@@H](C(=O)NOCc2ccc(S(C)(=O)=O)cc2)[C@@H]1c1ccc(Cl)cc1Cl. The number of amides is 2. The maximum absolute atomic E-state index is 14.3. The fourth-order valence-corrected chi connectivity index (χ4v) is 8.19. The van der Waals surface area contributed by atoms with Crippen LogP contribution in [0.4, 0.5) is 0 Å². The standard InChI is InChI=1S/C31H33Cl2N3O7S2/c1-44(39,40)21-14-11-19(12-15-21)18-43-34-30(37)28-22-7-3-4-8-23(22)31(38)36(29(28)24-16-13-20(32)17-25(24)33)27-10-6-5-9-26(27)35-45(2,41)42/h3-4,7-8,11-17,26-29,35H,5-6,9-10,18H2,1-2H3,(H,34,37)/t26-,27-,28+,29-/m0/s1. The third-order valence-electron chi connectivity index (χ3n) is 8.16. The second-order valence-corrected chi connectivity index (χ2v) is 16.0. The Balaban J connectivity index is 1.54. The van der Waals surface area contributed by atoms with Crippen LogP contribution in [0.5, 0.6) is 0 Å². The lowest BCUT2D eigenvalue weighted by molar-refractivity contribution is -0.138. The first-order chi connectivity index (χ1) is 21.2. The van der Waals surface area contributed by atoms with Crippen molar-refractivity contribution in [3.63, 3.8) is 0 Å². The third kappa shape index (κ3) is 7.53. The van der Waals surface area contributed by atoms with E-state index in [4.69, 9.17) is 28.0 Å². The largest absolute Gasteiger partial charge is 0.326 e. The van der Waals surface area contributed by atoms with E-state index < -0.39 is 49.8 Å². The van der Waals surface area contributed by atoms with Crippen molar-refractivity contribution in [1.82, 2.24) is 15.1 Å². The maximum atomic E-state index is 14.3. The van der Waals surface area contributed by atoms with Crippen LogP contribution < -0.4 is 10.2 Å². The number of nitrogens with zero attached hydrogens (tertiary/aromatic N) is 1. The molecule has 2 amide bonds. The van der Waals surface area contributed by atoms with Crippen LogP contribution >= 0.6 is 23.2 Å². The van der Waals surface area contributed by atoms with Crippen molar-refractivity contribution in [3.05, 3.63) is 99.0 Å². The zero-order chi connectivity index (χ0) is 32.5. The summed E-state index contributed by atoms with van der Waals surface area (Å²) in [6.45, 7) is -0.0534. The van der Waals surface area contributed by atoms with Crippen molar-refractivity contribution in [2.24, 2.45) is 0 Å². The number of hydrogen-bond acceptors (Lipinski definition) is 7. The predicted molar refractivity (Wildman–Crippen MR) is 171 cm³/mol. The van der Waals surface area contributed by atoms with Gasteiger partial charge in [0.1, 0.15) is 0 Å². The normalized spacial score (nSPS) is 22.1. The molecule has 10 nitrogen and oxygen atoms in total. The van der Waals surface area contributed by atoms with Crippen LogP contribution in [0.15, 0.2) is 71.6 Å². The number of benzene rings is 3. The summed E-state index contributed by atoms with van der Waals surface area (Å²) in [6, 6.07) is 15.7. The lowest BCUT2D eigenvalue weighted by Gasteiger charge is -2.49. The lowest BCUT2D eigenvalue weighted by Crippen LogP contribution is -2.59. The first-order valence-corrected chi connectivity index (χ1v) is 18.8. The van der Waals surface area contributed by atoms with Crippen LogP contribution in [0, 0.1) is 0 Å². The van der Waals surface area contributed by atoms with E-state index in [-0.39, 0.29) is 22.4 Å². The molecule has 0 unspecified atom stereocenters. The topological polar surface area (TPSA) is 139 Å². The number of hydrogen-bond donors (Lipinski definition) is 2. The Morgan fingerprint density at radius 3 is 2.29 bits per heavy atom. The molecule has 5 rings (SSSR count). The van der Waals surface area contributed by atoms with E-state index in [1.807, 2.05) is 0 Å². The van der Waals surface area contributed by atoms with Gasteiger partial charge in [-0.25, -0.2) is 27.0 Å². The van der Waals surface area contributed by atoms with Crippen molar-refractivity contribution >= 4 is 54.9 Å². The lowest BCUT2D eigenvalue weighted by atomic mass is 9.76. The van der Waals surface area contributed by atoms with E-state index >= 15 is 0 Å². The molecule has 1 aliphatic heterocycles. The highest BCUT2D eigenvalue weighted by atomic mass is 35.5. The Morgan fingerprint density at radius 1 is 0.933 bits per heavy atom. The Labute approximate surface area is 273 Å². The summed E-state index contributed by atoms with van der Waals surface area (Å²) in [5.41, 5.74) is 4.42. The van der Waals surface area contributed by atoms with Gasteiger partial charge in [0.15, 0.2) is 9.84 Å². The van der Waals surface area contributed by atoms with Gasteiger partial charge in [-0.05, 0) is 59.9 Å². The second kappa shape index (κ2) is 13.4. The Bertz CT molecular complexity index is 1820. The van der Waals surface area contributed by atoms with Crippen LogP contribution in [0.3, 0.4) is 0 Å². The van der Waals surface area contributed by atoms with Gasteiger partial charge in [0.2, 0.25) is 10.0 Å². The molecule has 0 bridgehead atoms. The van der Waals surface area contributed by atoms with Gasteiger partial charge >= 0.3 is 0 Å². The number of rotatable bonds is 9. The van der Waals surface area contributed by atoms with Crippen LogP contribution in [-0.4, -0.2) is 58.1 Å². The first kappa shape index (κ1) is 33.4. The molecule has 1 aliphatic carbocycles. The minimum Gasteiger partial charge on any atom is -0.326 e. The van der Waals surface area contributed by atoms with E-state index in [9.17, 15) is 26.4 Å². The predicted octanol–water partition coefficient (Wildman–Crippen LogP) is 4.79. The fourth-order valence-electron chi connectivity index (χ4n) is 6.21. The van der Waals surface area contributed by atoms with Crippen molar-refractivity contribution in [3.8, 4) is 0 Å². The molecule has 240 valence electrons. The van der Waals surface area contributed by atoms with Gasteiger partial charge in [-0.1, -0.05) is 72.4 Å². The summed E-state index contributed by atoms with van der Waals surface area (Å²) >= 11 is 13.0. The highest BCUT2D eigenvalue weighted by Gasteiger charge is 2.49. The molecule has 1 heterocycles. The monoisotopic (exact) mass is 693 g/mol. The van der Waals surface area contributed by atoms with Crippen molar-refractivity contribution < 1.29 is 31.3 Å². The maximum Gasteiger partial charge on any atom is 0.255 e. The Morgan fingerprint density at radius 2 is 1.62 bits per heavy atom. The van der Waals surface area contributed by atoms with Gasteiger partial charge in [0.25, 0.3) is 11.8 Å². The minimum atomic E-state index is -3.61. The number of nitrogens with one attached hydrogen (secondary N) is 2. The van der Waals surface area contributed by atoms with Gasteiger partial charge in [0, 0.05) is 33.9 Å². The molecule has 45 heavy (non-hydrogen) atoms. The molecular formula is C31H33Cl2N3O7S2. The second-order valence-electron chi connectivity index (χ2n) is 11.4. The molecule has 1 fully saturated rings. The van der Waals surface area contributed by atoms with Crippen LogP contribution in [0.25, 0.3) is 0 Å². The van der Waals surface area contributed by atoms with Crippen LogP contribution in [-0.2, 0) is 36.1 Å². The molecule has 4 atom stereocenters. The minimum absolute atomic E-state index is 0.0534. The first-order valence-electron chi connectivity index (χ1n) is 14.3. The van der Waals surface area contributed by atoms with Gasteiger partial charge < -0.3 is 4.90 Å². The summed E-state index contributed by atoms with van der Waals surface area (Å²) in [5.74, 6) is -1.89. The number of sulfonamides is 1. The van der Waals surface area contributed by atoms with Gasteiger partial charge in [-0.2, -0.15) is 0 Å². The Kier molecular flexibility index (Phi) is 9.93. The highest BCUT2D eigenvalue weighted by molar-refractivity contribution is 7.90. The molecular weight excluding hydrogens is 661 g/mol. The quantitative estimate of drug-likeness (QED) is 0.308. The summed E-state index contributed by atoms with van der Waals surface area (Å²) in [6.07, 6.45) is 4.76. The molecule has 0 aromatic heterocycles. The number of carbonyl (C=O) groups excluding carboxylic acids is 2. The smallest absolute Gasteiger partial charge is 0.255 e. The Hall–Kier alpha value is -3.00. The molecule has 0 spiro atoms. The molecule has 3 aromatic rings. The van der Waals surface area contributed by atoms with Crippen molar-refractivity contribution in [2.45, 2.75) is 61.2 Å². The van der Waals surface area contributed by atoms with E-state index in [1.165, 1.54) is 12.1 Å². The van der Waals surface area contributed by atoms with Gasteiger partial charge in [-0.3, -0.25) is 14.4 Å². The number of hydroxylamine groups is 1. The molecule has 14 heteroatoms. The highest BCUT2D eigenvalue weighted by Crippen LogP contribution is 2.47. The molecule has 2 aliphatic rings. The zero-order valence-electron chi connectivity index (χ0n) is 24.6. The summed E-state index contributed by atoms with van der Waals surface area (Å²) in [7, 11) is -6.98. The van der Waals surface area contributed by atoms with Crippen LogP contribution in [0.2, 0.25) is 10.0 Å². The average Bonchev–Trinajstić information content (AvgIpc) is 2.97. The number of halogens is 2. The zero-order valence-corrected chi connectivity index (χ0v) is 27.7. The number of sulfone groups is 1. The molecule has 1 saturated carbocycles. The van der Waals surface area contributed by atoms with Crippen LogP contribution in [0.1, 0.15) is 64.7 Å². The summed E-state index contributed by atoms with van der Waals surface area (Å²) in [4.78, 5) is 35.8. The van der Waals surface area contributed by atoms with E-state index in [2.05, 4.69) is 10.2 Å². The fraction of sp³-hybridized carbons (Fsp3) is 0.355. The third-order valence-corrected chi connectivity index (χ3v) is 10.6. The van der Waals surface area contributed by atoms with E-state index in [1.54, 1.807) is 59.5 Å². The van der Waals surface area contributed by atoms with Crippen molar-refractivity contribution in [1.29, 1.82) is 0 Å². The molecule has 2 N–H and O–H groups in total. The number of carbonyl (C=O) groups is 2. The van der Waals surface area contributed by atoms with Crippen molar-refractivity contribution in [2.75, 3.05) is 12.5 Å². The molecule has 0 saturated heterocycles. The number of fused-ring (bicyclic) bond motifs is 1. The summed E-state index contributed by atoms with van der Waals surface area (Å²) in [5, 5.41) is 0.621. The van der Waals surface area contributed by atoms with Gasteiger partial charge in [-0.15, -0.1) is 0 Å². The summed E-state index contributed by atoms with van der Waals surface area (Å²) < 4.78 is 51.0.